The van der Waals surface area contributed by atoms with E-state index >= 15 is 0 Å². The number of ether oxygens (including phenoxy) is 1. The first-order valence-electron chi connectivity index (χ1n) is 7.93. The molecule has 1 atom stereocenters. The van der Waals surface area contributed by atoms with Crippen molar-refractivity contribution in [2.45, 2.75) is 45.1 Å². The summed E-state index contributed by atoms with van der Waals surface area (Å²) in [5.74, 6) is 0.907. The van der Waals surface area contributed by atoms with Gasteiger partial charge in [-0.3, -0.25) is 9.58 Å². The van der Waals surface area contributed by atoms with Gasteiger partial charge in [0.05, 0.1) is 6.20 Å². The fourth-order valence-corrected chi connectivity index (χ4v) is 2.93. The molecule has 1 aromatic heterocycles. The Labute approximate surface area is 123 Å². The van der Waals surface area contributed by atoms with Crippen LogP contribution in [-0.2, 0) is 11.8 Å². The van der Waals surface area contributed by atoms with Crippen LogP contribution in [0.5, 0.6) is 0 Å². The SMILES string of the molecule is C[C@@H](c1cnn(C)c1)N(C)CCCCC1CCOCC1. The third kappa shape index (κ3) is 4.60. The summed E-state index contributed by atoms with van der Waals surface area (Å²) in [7, 11) is 4.19. The lowest BCUT2D eigenvalue weighted by atomic mass is 9.94. The van der Waals surface area contributed by atoms with Crippen LogP contribution in [-0.4, -0.2) is 41.5 Å². The predicted octanol–water partition coefficient (Wildman–Crippen LogP) is 3.01. The lowest BCUT2D eigenvalue weighted by Gasteiger charge is -2.25. The second-order valence-corrected chi connectivity index (χ2v) is 6.16. The normalized spacial score (nSPS) is 18.6. The lowest BCUT2D eigenvalue weighted by Crippen LogP contribution is -2.23. The van der Waals surface area contributed by atoms with Crippen LogP contribution >= 0.6 is 0 Å². The van der Waals surface area contributed by atoms with Crippen molar-refractivity contribution < 1.29 is 4.74 Å². The van der Waals surface area contributed by atoms with Crippen LogP contribution in [0.4, 0.5) is 0 Å². The number of aromatic nitrogens is 2. The fourth-order valence-electron chi connectivity index (χ4n) is 2.93. The first-order chi connectivity index (χ1) is 9.66. The van der Waals surface area contributed by atoms with E-state index in [-0.39, 0.29) is 0 Å². The Hall–Kier alpha value is -0.870. The lowest BCUT2D eigenvalue weighted by molar-refractivity contribution is 0.0628. The van der Waals surface area contributed by atoms with Crippen LogP contribution in [0.1, 0.15) is 50.6 Å². The molecule has 1 fully saturated rings. The van der Waals surface area contributed by atoms with E-state index in [0.717, 1.165) is 19.1 Å². The fraction of sp³-hybridized carbons (Fsp3) is 0.812. The van der Waals surface area contributed by atoms with Crippen molar-refractivity contribution >= 4 is 0 Å². The molecule has 0 N–H and O–H groups in total. The van der Waals surface area contributed by atoms with Gasteiger partial charge in [0.2, 0.25) is 0 Å². The van der Waals surface area contributed by atoms with Crippen LogP contribution in [0.15, 0.2) is 12.4 Å². The smallest absolute Gasteiger partial charge is 0.0537 e. The van der Waals surface area contributed by atoms with E-state index in [1.54, 1.807) is 0 Å². The van der Waals surface area contributed by atoms with Crippen LogP contribution in [0.25, 0.3) is 0 Å². The molecule has 0 saturated carbocycles. The molecule has 2 heterocycles. The Balaban J connectivity index is 1.63. The van der Waals surface area contributed by atoms with E-state index in [1.807, 2.05) is 17.9 Å². The minimum atomic E-state index is 0.451. The Kier molecular flexibility index (Phi) is 6.05. The van der Waals surface area contributed by atoms with Crippen molar-refractivity contribution in [3.05, 3.63) is 18.0 Å². The molecule has 1 aliphatic rings. The molecule has 2 rings (SSSR count). The van der Waals surface area contributed by atoms with Gasteiger partial charge in [0, 0.05) is 38.1 Å². The molecule has 0 aliphatic carbocycles. The molecule has 0 radical (unpaired) electrons. The Morgan fingerprint density at radius 3 is 2.80 bits per heavy atom. The zero-order valence-corrected chi connectivity index (χ0v) is 13.2. The van der Waals surface area contributed by atoms with E-state index in [1.165, 1.54) is 44.2 Å². The summed E-state index contributed by atoms with van der Waals surface area (Å²) < 4.78 is 7.29. The molecule has 1 saturated heterocycles. The molecule has 20 heavy (non-hydrogen) atoms. The summed E-state index contributed by atoms with van der Waals surface area (Å²) in [4.78, 5) is 2.43. The molecule has 0 aromatic carbocycles. The van der Waals surface area contributed by atoms with Crippen molar-refractivity contribution in [1.29, 1.82) is 0 Å². The van der Waals surface area contributed by atoms with Gasteiger partial charge in [0.15, 0.2) is 0 Å². The summed E-state index contributed by atoms with van der Waals surface area (Å²) in [6, 6.07) is 0.451. The van der Waals surface area contributed by atoms with Gasteiger partial charge in [-0.1, -0.05) is 12.8 Å². The molecule has 1 aliphatic heterocycles. The van der Waals surface area contributed by atoms with Gasteiger partial charge in [-0.2, -0.15) is 5.10 Å². The summed E-state index contributed by atoms with van der Waals surface area (Å²) in [5.41, 5.74) is 1.31. The van der Waals surface area contributed by atoms with Gasteiger partial charge in [-0.25, -0.2) is 0 Å². The number of unbranched alkanes of at least 4 members (excludes halogenated alkanes) is 1. The van der Waals surface area contributed by atoms with Crippen LogP contribution in [0.3, 0.4) is 0 Å². The molecule has 0 bridgehead atoms. The standard InChI is InChI=1S/C16H29N3O/c1-14(16-12-17-19(3)13-16)18(2)9-5-4-6-15-7-10-20-11-8-15/h12-15H,4-11H2,1-3H3/t14-/m0/s1. The summed E-state index contributed by atoms with van der Waals surface area (Å²) in [6.45, 7) is 5.37. The van der Waals surface area contributed by atoms with E-state index in [9.17, 15) is 0 Å². The maximum atomic E-state index is 5.41. The highest BCUT2D eigenvalue weighted by atomic mass is 16.5. The van der Waals surface area contributed by atoms with E-state index < -0.39 is 0 Å². The van der Waals surface area contributed by atoms with Crippen LogP contribution in [0.2, 0.25) is 0 Å². The molecule has 0 spiro atoms. The van der Waals surface area contributed by atoms with Gasteiger partial charge in [-0.15, -0.1) is 0 Å². The van der Waals surface area contributed by atoms with Crippen LogP contribution < -0.4 is 0 Å². The quantitative estimate of drug-likeness (QED) is 0.719. The number of rotatable bonds is 7. The number of nitrogens with zero attached hydrogens (tertiary/aromatic N) is 3. The van der Waals surface area contributed by atoms with Crippen molar-refractivity contribution in [2.24, 2.45) is 13.0 Å². The zero-order valence-electron chi connectivity index (χ0n) is 13.2. The average Bonchev–Trinajstić information content (AvgIpc) is 2.90. The largest absolute Gasteiger partial charge is 0.381 e. The number of aryl methyl sites for hydroxylation is 1. The number of hydrogen-bond donors (Lipinski definition) is 0. The molecule has 0 amide bonds. The number of hydrogen-bond acceptors (Lipinski definition) is 3. The maximum absolute atomic E-state index is 5.41. The van der Waals surface area contributed by atoms with Gasteiger partial charge >= 0.3 is 0 Å². The topological polar surface area (TPSA) is 30.3 Å². The van der Waals surface area contributed by atoms with E-state index in [4.69, 9.17) is 4.74 Å². The van der Waals surface area contributed by atoms with Gasteiger partial charge < -0.3 is 4.74 Å². The minimum absolute atomic E-state index is 0.451. The predicted molar refractivity (Wildman–Crippen MR) is 81.6 cm³/mol. The molecule has 1 aromatic rings. The summed E-state index contributed by atoms with van der Waals surface area (Å²) >= 11 is 0. The van der Waals surface area contributed by atoms with Crippen molar-refractivity contribution in [2.75, 3.05) is 26.8 Å². The highest BCUT2D eigenvalue weighted by Crippen LogP contribution is 2.22. The van der Waals surface area contributed by atoms with Gasteiger partial charge in [0.1, 0.15) is 0 Å². The molecular formula is C16H29N3O. The monoisotopic (exact) mass is 279 g/mol. The Morgan fingerprint density at radius 1 is 1.40 bits per heavy atom. The minimum Gasteiger partial charge on any atom is -0.381 e. The summed E-state index contributed by atoms with van der Waals surface area (Å²) in [5, 5.41) is 4.26. The molecule has 114 valence electrons. The molecule has 4 heteroatoms. The third-order valence-electron chi connectivity index (χ3n) is 4.58. The van der Waals surface area contributed by atoms with Gasteiger partial charge in [0.25, 0.3) is 0 Å². The second kappa shape index (κ2) is 7.79. The molecular weight excluding hydrogens is 250 g/mol. The Morgan fingerprint density at radius 2 is 2.15 bits per heavy atom. The summed E-state index contributed by atoms with van der Waals surface area (Å²) in [6.07, 6.45) is 10.6. The van der Waals surface area contributed by atoms with Gasteiger partial charge in [-0.05, 0) is 45.7 Å². The zero-order chi connectivity index (χ0) is 14.4. The average molecular weight is 279 g/mol. The first kappa shape index (κ1) is 15.5. The van der Waals surface area contributed by atoms with Crippen molar-refractivity contribution in [1.82, 2.24) is 14.7 Å². The molecule has 0 unspecified atom stereocenters. The van der Waals surface area contributed by atoms with E-state index in [2.05, 4.69) is 30.2 Å². The van der Waals surface area contributed by atoms with Crippen molar-refractivity contribution in [3.8, 4) is 0 Å². The third-order valence-corrected chi connectivity index (χ3v) is 4.58. The Bertz CT molecular complexity index is 385. The molecule has 4 nitrogen and oxygen atoms in total. The van der Waals surface area contributed by atoms with Crippen molar-refractivity contribution in [3.63, 3.8) is 0 Å². The van der Waals surface area contributed by atoms with Crippen LogP contribution in [0, 0.1) is 5.92 Å². The maximum Gasteiger partial charge on any atom is 0.0537 e. The highest BCUT2D eigenvalue weighted by Gasteiger charge is 2.15. The highest BCUT2D eigenvalue weighted by molar-refractivity contribution is 5.08. The first-order valence-corrected chi connectivity index (χ1v) is 7.93. The van der Waals surface area contributed by atoms with E-state index in [0.29, 0.717) is 6.04 Å². The second-order valence-electron chi connectivity index (χ2n) is 6.16.